The number of ether oxygens (including phenoxy) is 2. The molecule has 2 saturated heterocycles. The first-order chi connectivity index (χ1) is 9.36. The number of rotatable bonds is 4. The second-order valence-corrected chi connectivity index (χ2v) is 5.05. The Hall–Kier alpha value is -1.17. The number of likely N-dealkylation sites (tertiary alicyclic amines) is 1. The van der Waals surface area contributed by atoms with Gasteiger partial charge >= 0.3 is 0 Å². The summed E-state index contributed by atoms with van der Waals surface area (Å²) >= 11 is 0. The van der Waals surface area contributed by atoms with Crippen LogP contribution >= 0.6 is 0 Å². The molecule has 0 aromatic carbocycles. The van der Waals surface area contributed by atoms with E-state index >= 15 is 0 Å². The standard InChI is InChI=1S/C14H21N3O2/c1-15-12-5-4-11(10-17-6-2-3-7-17)13(16-12)14-18-8-9-19-14/h4-5,14H,2-3,6-10H2,1H3,(H,15,16). The van der Waals surface area contributed by atoms with Gasteiger partial charge in [0, 0.05) is 13.6 Å². The minimum Gasteiger partial charge on any atom is -0.373 e. The molecule has 0 saturated carbocycles. The normalized spacial score (nSPS) is 21.1. The van der Waals surface area contributed by atoms with Gasteiger partial charge in [0.05, 0.1) is 13.2 Å². The van der Waals surface area contributed by atoms with E-state index in [1.54, 1.807) is 0 Å². The van der Waals surface area contributed by atoms with Gasteiger partial charge in [0.25, 0.3) is 0 Å². The smallest absolute Gasteiger partial charge is 0.201 e. The quantitative estimate of drug-likeness (QED) is 0.897. The second kappa shape index (κ2) is 5.86. The highest BCUT2D eigenvalue weighted by Crippen LogP contribution is 2.27. The molecule has 1 aromatic rings. The van der Waals surface area contributed by atoms with Crippen LogP contribution in [-0.2, 0) is 16.0 Å². The van der Waals surface area contributed by atoms with Crippen molar-refractivity contribution >= 4 is 5.82 Å². The number of hydrogen-bond donors (Lipinski definition) is 1. The van der Waals surface area contributed by atoms with Crippen molar-refractivity contribution in [3.63, 3.8) is 0 Å². The third-order valence-corrected chi connectivity index (χ3v) is 3.71. The minimum atomic E-state index is -0.300. The van der Waals surface area contributed by atoms with Crippen molar-refractivity contribution < 1.29 is 9.47 Å². The third-order valence-electron chi connectivity index (χ3n) is 3.71. The summed E-state index contributed by atoms with van der Waals surface area (Å²) in [6, 6.07) is 4.15. The molecule has 3 rings (SSSR count). The Balaban J connectivity index is 1.83. The maximum atomic E-state index is 5.61. The Morgan fingerprint density at radius 3 is 2.68 bits per heavy atom. The first kappa shape index (κ1) is 12.8. The average molecular weight is 263 g/mol. The van der Waals surface area contributed by atoms with E-state index in [1.165, 1.54) is 31.5 Å². The van der Waals surface area contributed by atoms with Crippen molar-refractivity contribution in [1.82, 2.24) is 9.88 Å². The van der Waals surface area contributed by atoms with Crippen molar-refractivity contribution in [2.75, 3.05) is 38.7 Å². The van der Waals surface area contributed by atoms with Gasteiger partial charge in [-0.05, 0) is 37.6 Å². The highest BCUT2D eigenvalue weighted by molar-refractivity contribution is 5.38. The van der Waals surface area contributed by atoms with Crippen LogP contribution < -0.4 is 5.32 Å². The second-order valence-electron chi connectivity index (χ2n) is 5.05. The molecular weight excluding hydrogens is 242 g/mol. The molecule has 0 aliphatic carbocycles. The van der Waals surface area contributed by atoms with Gasteiger partial charge in [-0.3, -0.25) is 4.90 Å². The van der Waals surface area contributed by atoms with Crippen molar-refractivity contribution in [3.8, 4) is 0 Å². The van der Waals surface area contributed by atoms with Crippen LogP contribution in [0.3, 0.4) is 0 Å². The molecule has 1 aromatic heterocycles. The summed E-state index contributed by atoms with van der Waals surface area (Å²) in [7, 11) is 1.88. The molecule has 2 aliphatic heterocycles. The predicted molar refractivity (Wildman–Crippen MR) is 72.9 cm³/mol. The van der Waals surface area contributed by atoms with Crippen LogP contribution in [0.2, 0.25) is 0 Å². The fourth-order valence-corrected chi connectivity index (χ4v) is 2.68. The molecule has 0 spiro atoms. The van der Waals surface area contributed by atoms with Gasteiger partial charge in [0.2, 0.25) is 6.29 Å². The maximum absolute atomic E-state index is 5.61. The van der Waals surface area contributed by atoms with E-state index in [2.05, 4.69) is 21.3 Å². The molecular formula is C14H21N3O2. The summed E-state index contributed by atoms with van der Waals surface area (Å²) in [4.78, 5) is 7.09. The summed E-state index contributed by atoms with van der Waals surface area (Å²) in [5.41, 5.74) is 2.14. The summed E-state index contributed by atoms with van der Waals surface area (Å²) in [6.45, 7) is 4.60. The number of anilines is 1. The first-order valence-corrected chi connectivity index (χ1v) is 7.00. The molecule has 2 aliphatic rings. The van der Waals surface area contributed by atoms with E-state index in [0.717, 1.165) is 18.1 Å². The van der Waals surface area contributed by atoms with Crippen LogP contribution in [0.1, 0.15) is 30.4 Å². The maximum Gasteiger partial charge on any atom is 0.201 e. The Morgan fingerprint density at radius 1 is 1.26 bits per heavy atom. The number of aromatic nitrogens is 1. The van der Waals surface area contributed by atoms with Gasteiger partial charge in [0.15, 0.2) is 0 Å². The first-order valence-electron chi connectivity index (χ1n) is 7.00. The number of hydrogen-bond acceptors (Lipinski definition) is 5. The highest BCUT2D eigenvalue weighted by Gasteiger charge is 2.24. The molecule has 19 heavy (non-hydrogen) atoms. The van der Waals surface area contributed by atoms with Crippen molar-refractivity contribution in [3.05, 3.63) is 23.4 Å². The summed E-state index contributed by atoms with van der Waals surface area (Å²) in [5.74, 6) is 0.860. The van der Waals surface area contributed by atoms with Crippen molar-refractivity contribution in [2.45, 2.75) is 25.7 Å². The van der Waals surface area contributed by atoms with Gasteiger partial charge in [-0.15, -0.1) is 0 Å². The van der Waals surface area contributed by atoms with Crippen molar-refractivity contribution in [1.29, 1.82) is 0 Å². The van der Waals surface area contributed by atoms with E-state index in [0.29, 0.717) is 13.2 Å². The van der Waals surface area contributed by atoms with Crippen LogP contribution in [-0.4, -0.2) is 43.2 Å². The Morgan fingerprint density at radius 2 is 2.00 bits per heavy atom. The molecule has 1 N–H and O–H groups in total. The zero-order valence-electron chi connectivity index (χ0n) is 11.4. The molecule has 5 nitrogen and oxygen atoms in total. The van der Waals surface area contributed by atoms with E-state index in [9.17, 15) is 0 Å². The van der Waals surface area contributed by atoms with E-state index in [4.69, 9.17) is 9.47 Å². The zero-order chi connectivity index (χ0) is 13.1. The monoisotopic (exact) mass is 263 g/mol. The molecule has 104 valence electrons. The van der Waals surface area contributed by atoms with Gasteiger partial charge in [-0.1, -0.05) is 6.07 Å². The molecule has 0 bridgehead atoms. The summed E-state index contributed by atoms with van der Waals surface area (Å²) in [6.07, 6.45) is 2.30. The molecule has 0 atom stereocenters. The lowest BCUT2D eigenvalue weighted by Crippen LogP contribution is -2.20. The molecule has 0 amide bonds. The van der Waals surface area contributed by atoms with Crippen LogP contribution in [0.5, 0.6) is 0 Å². The van der Waals surface area contributed by atoms with E-state index in [1.807, 2.05) is 13.1 Å². The van der Waals surface area contributed by atoms with Crippen LogP contribution in [0.15, 0.2) is 12.1 Å². The molecule has 5 heteroatoms. The average Bonchev–Trinajstić information content (AvgIpc) is 3.12. The number of nitrogens with zero attached hydrogens (tertiary/aromatic N) is 2. The lowest BCUT2D eigenvalue weighted by atomic mass is 10.1. The highest BCUT2D eigenvalue weighted by atomic mass is 16.7. The van der Waals surface area contributed by atoms with Crippen LogP contribution in [0, 0.1) is 0 Å². The molecule has 0 unspecified atom stereocenters. The largest absolute Gasteiger partial charge is 0.373 e. The van der Waals surface area contributed by atoms with Gasteiger partial charge < -0.3 is 14.8 Å². The van der Waals surface area contributed by atoms with Gasteiger partial charge in [-0.2, -0.15) is 0 Å². The Labute approximate surface area is 113 Å². The molecule has 2 fully saturated rings. The van der Waals surface area contributed by atoms with E-state index < -0.39 is 0 Å². The Bertz CT molecular complexity index is 427. The lowest BCUT2D eigenvalue weighted by Gasteiger charge is -2.19. The zero-order valence-corrected chi connectivity index (χ0v) is 11.4. The topological polar surface area (TPSA) is 46.6 Å². The summed E-state index contributed by atoms with van der Waals surface area (Å²) < 4.78 is 11.2. The molecule has 3 heterocycles. The van der Waals surface area contributed by atoms with E-state index in [-0.39, 0.29) is 6.29 Å². The van der Waals surface area contributed by atoms with Crippen LogP contribution in [0.4, 0.5) is 5.82 Å². The summed E-state index contributed by atoms with van der Waals surface area (Å²) in [5, 5.41) is 3.08. The fraction of sp³-hybridized carbons (Fsp3) is 0.643. The predicted octanol–water partition coefficient (Wildman–Crippen LogP) is 1.76. The number of nitrogens with one attached hydrogen (secondary N) is 1. The third kappa shape index (κ3) is 2.88. The van der Waals surface area contributed by atoms with Crippen LogP contribution in [0.25, 0.3) is 0 Å². The minimum absolute atomic E-state index is 0.300. The lowest BCUT2D eigenvalue weighted by molar-refractivity contribution is -0.0481. The van der Waals surface area contributed by atoms with Gasteiger partial charge in [-0.25, -0.2) is 4.98 Å². The van der Waals surface area contributed by atoms with Crippen molar-refractivity contribution in [2.24, 2.45) is 0 Å². The van der Waals surface area contributed by atoms with Gasteiger partial charge in [0.1, 0.15) is 11.5 Å². The SMILES string of the molecule is CNc1ccc(CN2CCCC2)c(C2OCCO2)n1. The number of pyridine rings is 1. The Kier molecular flexibility index (Phi) is 3.96. The fourth-order valence-electron chi connectivity index (χ4n) is 2.68. The molecule has 0 radical (unpaired) electrons.